The van der Waals surface area contributed by atoms with Crippen LogP contribution in [0.1, 0.15) is 74.8 Å². The second kappa shape index (κ2) is 9.95. The van der Waals surface area contributed by atoms with E-state index in [1.165, 1.54) is 50.5 Å². The van der Waals surface area contributed by atoms with E-state index in [1.807, 2.05) is 20.9 Å². The molecular weight excluding hydrogens is 439 g/mol. The first-order chi connectivity index (χ1) is 12.1. The molecule has 2 aliphatic rings. The average Bonchev–Trinajstić information content (AvgIpc) is 2.96. The SMILES string of the molecule is CN=C(NCC(C)c1c(C)noc1C)NC1CCC2CCCCC2C1.I. The molecule has 26 heavy (non-hydrogen) atoms. The summed E-state index contributed by atoms with van der Waals surface area (Å²) in [4.78, 5) is 4.44. The number of nitrogens with one attached hydrogen (secondary N) is 2. The molecule has 3 rings (SSSR count). The maximum absolute atomic E-state index is 5.30. The van der Waals surface area contributed by atoms with Gasteiger partial charge in [-0.3, -0.25) is 4.99 Å². The van der Waals surface area contributed by atoms with Gasteiger partial charge in [-0.25, -0.2) is 0 Å². The third-order valence-corrected chi connectivity index (χ3v) is 6.26. The van der Waals surface area contributed by atoms with E-state index >= 15 is 0 Å². The van der Waals surface area contributed by atoms with E-state index in [-0.39, 0.29) is 24.0 Å². The summed E-state index contributed by atoms with van der Waals surface area (Å²) in [6, 6.07) is 0.569. The Labute approximate surface area is 175 Å². The minimum Gasteiger partial charge on any atom is -0.361 e. The van der Waals surface area contributed by atoms with Crippen molar-refractivity contribution in [1.29, 1.82) is 0 Å². The molecule has 1 heterocycles. The largest absolute Gasteiger partial charge is 0.361 e. The van der Waals surface area contributed by atoms with Gasteiger partial charge >= 0.3 is 0 Å². The van der Waals surface area contributed by atoms with E-state index in [9.17, 15) is 0 Å². The summed E-state index contributed by atoms with van der Waals surface area (Å²) in [5, 5.41) is 11.2. The van der Waals surface area contributed by atoms with Gasteiger partial charge in [0.05, 0.1) is 5.69 Å². The topological polar surface area (TPSA) is 62.5 Å². The molecule has 2 aliphatic carbocycles. The lowest BCUT2D eigenvalue weighted by Crippen LogP contribution is -2.47. The van der Waals surface area contributed by atoms with Crippen LogP contribution in [0.5, 0.6) is 0 Å². The first-order valence-electron chi connectivity index (χ1n) is 9.98. The first kappa shape index (κ1) is 21.5. The third kappa shape index (κ3) is 5.14. The van der Waals surface area contributed by atoms with Crippen molar-refractivity contribution in [3.05, 3.63) is 17.0 Å². The van der Waals surface area contributed by atoms with Crippen LogP contribution in [0, 0.1) is 25.7 Å². The molecule has 2 N–H and O–H groups in total. The summed E-state index contributed by atoms with van der Waals surface area (Å²) >= 11 is 0. The highest BCUT2D eigenvalue weighted by Crippen LogP contribution is 2.40. The Balaban J connectivity index is 0.00000243. The van der Waals surface area contributed by atoms with Crippen molar-refractivity contribution >= 4 is 29.9 Å². The van der Waals surface area contributed by atoms with E-state index in [2.05, 4.69) is 27.7 Å². The number of fused-ring (bicyclic) bond motifs is 1. The number of aliphatic imine (C=N–C) groups is 1. The van der Waals surface area contributed by atoms with Crippen LogP contribution in [0.15, 0.2) is 9.52 Å². The molecule has 2 fully saturated rings. The predicted molar refractivity (Wildman–Crippen MR) is 117 cm³/mol. The molecule has 4 atom stereocenters. The smallest absolute Gasteiger partial charge is 0.191 e. The fraction of sp³-hybridized carbons (Fsp3) is 0.800. The average molecular weight is 474 g/mol. The summed E-state index contributed by atoms with van der Waals surface area (Å²) in [5.74, 6) is 4.11. The Hall–Kier alpha value is -0.790. The molecule has 0 amide bonds. The van der Waals surface area contributed by atoms with Gasteiger partial charge in [-0.15, -0.1) is 24.0 Å². The highest BCUT2D eigenvalue weighted by atomic mass is 127. The molecule has 1 aromatic heterocycles. The first-order valence-corrected chi connectivity index (χ1v) is 9.98. The van der Waals surface area contributed by atoms with Crippen LogP contribution >= 0.6 is 24.0 Å². The monoisotopic (exact) mass is 474 g/mol. The zero-order chi connectivity index (χ0) is 17.8. The summed E-state index contributed by atoms with van der Waals surface area (Å²) < 4.78 is 5.30. The standard InChI is InChI=1S/C20H34N4O.HI/c1-13(19-14(2)24-25-15(19)3)12-22-20(21-4)23-18-10-9-16-7-5-6-8-17(16)11-18;/h13,16-18H,5-12H2,1-4H3,(H2,21,22,23);1H. The number of hydrogen-bond acceptors (Lipinski definition) is 3. The molecule has 0 saturated heterocycles. The number of aromatic nitrogens is 1. The van der Waals surface area contributed by atoms with E-state index in [4.69, 9.17) is 4.52 Å². The summed E-state index contributed by atoms with van der Waals surface area (Å²) in [7, 11) is 1.86. The fourth-order valence-electron chi connectivity index (χ4n) is 4.94. The molecule has 0 spiro atoms. The summed E-state index contributed by atoms with van der Waals surface area (Å²) in [6.07, 6.45) is 9.73. The lowest BCUT2D eigenvalue weighted by atomic mass is 9.69. The minimum atomic E-state index is 0. The highest BCUT2D eigenvalue weighted by molar-refractivity contribution is 14.0. The van der Waals surface area contributed by atoms with Gasteiger partial charge in [0.15, 0.2) is 5.96 Å². The number of halogens is 1. The van der Waals surface area contributed by atoms with Gasteiger partial charge in [-0.1, -0.05) is 37.8 Å². The van der Waals surface area contributed by atoms with Gasteiger partial charge in [-0.2, -0.15) is 0 Å². The molecule has 1 aromatic rings. The number of nitrogens with zero attached hydrogens (tertiary/aromatic N) is 2. The van der Waals surface area contributed by atoms with Crippen LogP contribution < -0.4 is 10.6 Å². The lowest BCUT2D eigenvalue weighted by Gasteiger charge is -2.40. The van der Waals surface area contributed by atoms with Gasteiger partial charge in [0.2, 0.25) is 0 Å². The minimum absolute atomic E-state index is 0. The molecule has 0 radical (unpaired) electrons. The van der Waals surface area contributed by atoms with Gasteiger partial charge < -0.3 is 15.2 Å². The van der Waals surface area contributed by atoms with Crippen LogP contribution in [-0.4, -0.2) is 30.8 Å². The number of guanidine groups is 1. The molecule has 4 unspecified atom stereocenters. The summed E-state index contributed by atoms with van der Waals surface area (Å²) in [5.41, 5.74) is 2.20. The van der Waals surface area contributed by atoms with Crippen molar-refractivity contribution in [3.8, 4) is 0 Å². The summed E-state index contributed by atoms with van der Waals surface area (Å²) in [6.45, 7) is 7.04. The fourth-order valence-corrected chi connectivity index (χ4v) is 4.94. The molecule has 2 saturated carbocycles. The van der Waals surface area contributed by atoms with Crippen LogP contribution in [-0.2, 0) is 0 Å². The molecule has 0 bridgehead atoms. The zero-order valence-electron chi connectivity index (χ0n) is 16.7. The van der Waals surface area contributed by atoms with Crippen molar-refractivity contribution in [3.63, 3.8) is 0 Å². The second-order valence-corrected chi connectivity index (χ2v) is 8.05. The quantitative estimate of drug-likeness (QED) is 0.382. The van der Waals surface area contributed by atoms with Crippen molar-refractivity contribution in [2.24, 2.45) is 16.8 Å². The maximum atomic E-state index is 5.30. The van der Waals surface area contributed by atoms with Crippen molar-refractivity contribution < 1.29 is 4.52 Å². The Morgan fingerprint density at radius 3 is 2.58 bits per heavy atom. The van der Waals surface area contributed by atoms with Crippen LogP contribution in [0.2, 0.25) is 0 Å². The molecule has 5 nitrogen and oxygen atoms in total. The molecular formula is C20H35IN4O. The van der Waals surface area contributed by atoms with Crippen molar-refractivity contribution in [2.45, 2.75) is 77.7 Å². The van der Waals surface area contributed by atoms with E-state index in [0.717, 1.165) is 35.8 Å². The molecule has 0 aromatic carbocycles. The third-order valence-electron chi connectivity index (χ3n) is 6.26. The Morgan fingerprint density at radius 1 is 1.19 bits per heavy atom. The Morgan fingerprint density at radius 2 is 1.92 bits per heavy atom. The predicted octanol–water partition coefficient (Wildman–Crippen LogP) is 4.54. The van der Waals surface area contributed by atoms with E-state index in [0.29, 0.717) is 12.0 Å². The van der Waals surface area contributed by atoms with E-state index < -0.39 is 0 Å². The highest BCUT2D eigenvalue weighted by Gasteiger charge is 2.32. The zero-order valence-corrected chi connectivity index (χ0v) is 19.0. The number of hydrogen-bond donors (Lipinski definition) is 2. The normalized spacial score (nSPS) is 27.2. The molecule has 6 heteroatoms. The Bertz CT molecular complexity index is 581. The van der Waals surface area contributed by atoms with Crippen LogP contribution in [0.4, 0.5) is 0 Å². The van der Waals surface area contributed by atoms with Gasteiger partial charge in [0.25, 0.3) is 0 Å². The van der Waals surface area contributed by atoms with Crippen LogP contribution in [0.25, 0.3) is 0 Å². The Kier molecular flexibility index (Phi) is 8.23. The number of rotatable bonds is 4. The second-order valence-electron chi connectivity index (χ2n) is 8.05. The van der Waals surface area contributed by atoms with Crippen LogP contribution in [0.3, 0.4) is 0 Å². The van der Waals surface area contributed by atoms with Crippen molar-refractivity contribution in [1.82, 2.24) is 15.8 Å². The molecule has 148 valence electrons. The molecule has 0 aliphatic heterocycles. The van der Waals surface area contributed by atoms with E-state index in [1.54, 1.807) is 0 Å². The number of aryl methyl sites for hydroxylation is 2. The van der Waals surface area contributed by atoms with Gasteiger partial charge in [-0.05, 0) is 44.9 Å². The van der Waals surface area contributed by atoms with Gasteiger partial charge in [0, 0.05) is 31.1 Å². The van der Waals surface area contributed by atoms with Gasteiger partial charge in [0.1, 0.15) is 5.76 Å². The van der Waals surface area contributed by atoms with Crippen molar-refractivity contribution in [2.75, 3.05) is 13.6 Å². The maximum Gasteiger partial charge on any atom is 0.191 e. The lowest BCUT2D eigenvalue weighted by molar-refractivity contribution is 0.150.